The molecule has 0 amide bonds. The summed E-state index contributed by atoms with van der Waals surface area (Å²) >= 11 is 5.86. The van der Waals surface area contributed by atoms with Crippen LogP contribution in [0.3, 0.4) is 0 Å². The molecule has 4 heteroatoms. The minimum atomic E-state index is 0.487. The molecule has 0 spiro atoms. The van der Waals surface area contributed by atoms with E-state index in [9.17, 15) is 0 Å². The average Bonchev–Trinajstić information content (AvgIpc) is 3.03. The van der Waals surface area contributed by atoms with Gasteiger partial charge in [-0.15, -0.1) is 0 Å². The normalized spacial score (nSPS) is 17.8. The first-order valence-corrected chi connectivity index (χ1v) is 6.10. The van der Waals surface area contributed by atoms with E-state index in [-0.39, 0.29) is 0 Å². The zero-order valence-corrected chi connectivity index (χ0v) is 10.3. The van der Waals surface area contributed by atoms with Crippen molar-refractivity contribution in [1.82, 2.24) is 9.88 Å². The second kappa shape index (κ2) is 5.13. The first kappa shape index (κ1) is 11.8. The molecule has 1 aromatic rings. The number of likely N-dealkylation sites (N-methyl/N-ethyl adjacent to an activating group) is 1. The van der Waals surface area contributed by atoms with Crippen LogP contribution in [0.25, 0.3) is 0 Å². The van der Waals surface area contributed by atoms with Crippen LogP contribution in [0.1, 0.15) is 18.5 Å². The van der Waals surface area contributed by atoms with Gasteiger partial charge in [-0.3, -0.25) is 4.90 Å². The Kier molecular flexibility index (Phi) is 3.79. The lowest BCUT2D eigenvalue weighted by Gasteiger charge is -2.26. The molecule has 1 atom stereocenters. The third-order valence-corrected chi connectivity index (χ3v) is 3.37. The largest absolute Gasteiger partial charge is 0.329 e. The van der Waals surface area contributed by atoms with Crippen molar-refractivity contribution in [2.75, 3.05) is 13.6 Å². The van der Waals surface area contributed by atoms with Gasteiger partial charge in [0, 0.05) is 19.1 Å². The second-order valence-electron chi connectivity index (χ2n) is 4.51. The molecule has 1 saturated carbocycles. The highest BCUT2D eigenvalue weighted by molar-refractivity contribution is 6.29. The van der Waals surface area contributed by atoms with Gasteiger partial charge in [0.25, 0.3) is 0 Å². The Morgan fingerprint density at radius 3 is 2.88 bits per heavy atom. The maximum absolute atomic E-state index is 5.86. The maximum Gasteiger partial charge on any atom is 0.129 e. The number of pyridine rings is 1. The lowest BCUT2D eigenvalue weighted by Crippen LogP contribution is -2.39. The van der Waals surface area contributed by atoms with E-state index in [0.29, 0.717) is 11.2 Å². The van der Waals surface area contributed by atoms with Crippen LogP contribution in [-0.4, -0.2) is 29.5 Å². The third kappa shape index (κ3) is 2.94. The highest BCUT2D eigenvalue weighted by Gasteiger charge is 2.32. The number of halogens is 1. The summed E-state index contributed by atoms with van der Waals surface area (Å²) in [5.74, 6) is 0.786. The SMILES string of the molecule is CN(Cc1cccc(Cl)n1)C(CN)C1CC1. The summed E-state index contributed by atoms with van der Waals surface area (Å²) in [6.45, 7) is 1.54. The summed E-state index contributed by atoms with van der Waals surface area (Å²) in [6.07, 6.45) is 2.63. The summed E-state index contributed by atoms with van der Waals surface area (Å²) in [5, 5.41) is 0.557. The van der Waals surface area contributed by atoms with Gasteiger partial charge >= 0.3 is 0 Å². The lowest BCUT2D eigenvalue weighted by molar-refractivity contribution is 0.213. The van der Waals surface area contributed by atoms with Crippen LogP contribution in [-0.2, 0) is 6.54 Å². The topological polar surface area (TPSA) is 42.2 Å². The van der Waals surface area contributed by atoms with E-state index in [1.54, 1.807) is 6.07 Å². The molecule has 1 aromatic heterocycles. The van der Waals surface area contributed by atoms with Gasteiger partial charge in [0.15, 0.2) is 0 Å². The van der Waals surface area contributed by atoms with E-state index in [1.807, 2.05) is 12.1 Å². The quantitative estimate of drug-likeness (QED) is 0.799. The zero-order valence-electron chi connectivity index (χ0n) is 9.56. The van der Waals surface area contributed by atoms with Gasteiger partial charge in [-0.05, 0) is 37.9 Å². The Balaban J connectivity index is 1.97. The predicted molar refractivity (Wildman–Crippen MR) is 66.3 cm³/mol. The molecule has 1 unspecified atom stereocenters. The van der Waals surface area contributed by atoms with E-state index in [0.717, 1.165) is 24.7 Å². The van der Waals surface area contributed by atoms with Crippen LogP contribution in [0.15, 0.2) is 18.2 Å². The number of nitrogens with zero attached hydrogens (tertiary/aromatic N) is 2. The number of aromatic nitrogens is 1. The molecule has 2 rings (SSSR count). The molecule has 2 N–H and O–H groups in total. The Hall–Kier alpha value is -0.640. The van der Waals surface area contributed by atoms with E-state index in [2.05, 4.69) is 16.9 Å². The average molecular weight is 240 g/mol. The highest BCUT2D eigenvalue weighted by atomic mass is 35.5. The van der Waals surface area contributed by atoms with Gasteiger partial charge in [-0.1, -0.05) is 17.7 Å². The summed E-state index contributed by atoms with van der Waals surface area (Å²) in [7, 11) is 2.11. The monoisotopic (exact) mass is 239 g/mol. The van der Waals surface area contributed by atoms with E-state index >= 15 is 0 Å². The lowest BCUT2D eigenvalue weighted by atomic mass is 10.1. The predicted octanol–water partition coefficient (Wildman–Crippen LogP) is 1.90. The Labute approximate surface area is 102 Å². The summed E-state index contributed by atoms with van der Waals surface area (Å²) in [4.78, 5) is 6.58. The van der Waals surface area contributed by atoms with Crippen molar-refractivity contribution >= 4 is 11.6 Å². The summed E-state index contributed by atoms with van der Waals surface area (Å²) in [6, 6.07) is 6.23. The molecule has 0 aromatic carbocycles. The molecular weight excluding hydrogens is 222 g/mol. The smallest absolute Gasteiger partial charge is 0.129 e. The molecule has 16 heavy (non-hydrogen) atoms. The molecule has 0 radical (unpaired) electrons. The van der Waals surface area contributed by atoms with Crippen LogP contribution in [0, 0.1) is 5.92 Å². The Morgan fingerprint density at radius 2 is 2.31 bits per heavy atom. The van der Waals surface area contributed by atoms with E-state index in [1.165, 1.54) is 12.8 Å². The molecule has 1 heterocycles. The number of rotatable bonds is 5. The molecule has 0 aliphatic heterocycles. The van der Waals surface area contributed by atoms with Crippen molar-refractivity contribution in [3.63, 3.8) is 0 Å². The first-order valence-electron chi connectivity index (χ1n) is 5.72. The van der Waals surface area contributed by atoms with Crippen molar-refractivity contribution in [3.8, 4) is 0 Å². The van der Waals surface area contributed by atoms with E-state index in [4.69, 9.17) is 17.3 Å². The minimum Gasteiger partial charge on any atom is -0.329 e. The summed E-state index contributed by atoms with van der Waals surface area (Å²) in [5.41, 5.74) is 6.82. The standard InChI is InChI=1S/C12H18ClN3/c1-16(11(7-14)9-5-6-9)8-10-3-2-4-12(13)15-10/h2-4,9,11H,5-8,14H2,1H3. The van der Waals surface area contributed by atoms with Crippen LogP contribution >= 0.6 is 11.6 Å². The third-order valence-electron chi connectivity index (χ3n) is 3.16. The molecule has 88 valence electrons. The number of nitrogens with two attached hydrogens (primary N) is 1. The van der Waals surface area contributed by atoms with Crippen molar-refractivity contribution < 1.29 is 0 Å². The fourth-order valence-electron chi connectivity index (χ4n) is 2.12. The van der Waals surface area contributed by atoms with Gasteiger partial charge in [-0.2, -0.15) is 0 Å². The molecule has 1 fully saturated rings. The fourth-order valence-corrected chi connectivity index (χ4v) is 2.31. The van der Waals surface area contributed by atoms with Crippen molar-refractivity contribution in [2.45, 2.75) is 25.4 Å². The maximum atomic E-state index is 5.86. The molecule has 1 aliphatic rings. The fraction of sp³-hybridized carbons (Fsp3) is 0.583. The van der Waals surface area contributed by atoms with Gasteiger partial charge in [0.05, 0.1) is 5.69 Å². The number of hydrogen-bond acceptors (Lipinski definition) is 3. The second-order valence-corrected chi connectivity index (χ2v) is 4.89. The molecule has 3 nitrogen and oxygen atoms in total. The first-order chi connectivity index (χ1) is 7.70. The van der Waals surface area contributed by atoms with Crippen LogP contribution in [0.4, 0.5) is 0 Å². The van der Waals surface area contributed by atoms with Gasteiger partial charge in [0.2, 0.25) is 0 Å². The van der Waals surface area contributed by atoms with Crippen molar-refractivity contribution in [3.05, 3.63) is 29.0 Å². The molecular formula is C12H18ClN3. The Morgan fingerprint density at radius 1 is 1.56 bits per heavy atom. The Bertz CT molecular complexity index is 352. The minimum absolute atomic E-state index is 0.487. The molecule has 0 bridgehead atoms. The highest BCUT2D eigenvalue weighted by Crippen LogP contribution is 2.34. The van der Waals surface area contributed by atoms with Crippen LogP contribution in [0.5, 0.6) is 0 Å². The number of hydrogen-bond donors (Lipinski definition) is 1. The van der Waals surface area contributed by atoms with Crippen molar-refractivity contribution in [1.29, 1.82) is 0 Å². The van der Waals surface area contributed by atoms with E-state index < -0.39 is 0 Å². The zero-order chi connectivity index (χ0) is 11.5. The van der Waals surface area contributed by atoms with Crippen molar-refractivity contribution in [2.24, 2.45) is 11.7 Å². The van der Waals surface area contributed by atoms with Gasteiger partial charge in [-0.25, -0.2) is 4.98 Å². The molecule has 1 aliphatic carbocycles. The molecule has 0 saturated heterocycles. The van der Waals surface area contributed by atoms with Crippen LogP contribution < -0.4 is 5.73 Å². The van der Waals surface area contributed by atoms with Gasteiger partial charge in [0.1, 0.15) is 5.15 Å². The van der Waals surface area contributed by atoms with Gasteiger partial charge < -0.3 is 5.73 Å². The van der Waals surface area contributed by atoms with Crippen LogP contribution in [0.2, 0.25) is 5.15 Å². The summed E-state index contributed by atoms with van der Waals surface area (Å²) < 4.78 is 0.